The van der Waals surface area contributed by atoms with Crippen LogP contribution in [0.25, 0.3) is 0 Å². The van der Waals surface area contributed by atoms with Crippen LogP contribution < -0.4 is 0 Å². The van der Waals surface area contributed by atoms with Crippen molar-refractivity contribution in [2.45, 2.75) is 26.7 Å². The van der Waals surface area contributed by atoms with E-state index in [2.05, 4.69) is 30.6 Å². The van der Waals surface area contributed by atoms with Gasteiger partial charge in [-0.15, -0.1) is 0 Å². The van der Waals surface area contributed by atoms with Gasteiger partial charge in [-0.3, -0.25) is 0 Å². The van der Waals surface area contributed by atoms with Crippen LogP contribution in [-0.2, 0) is 12.8 Å². The lowest BCUT2D eigenvalue weighted by Crippen LogP contribution is -1.89. The van der Waals surface area contributed by atoms with E-state index in [0.29, 0.717) is 28.7 Å². The summed E-state index contributed by atoms with van der Waals surface area (Å²) in [6.45, 7) is 3.99. The van der Waals surface area contributed by atoms with Crippen LogP contribution in [0.15, 0.2) is 60.7 Å². The molecule has 0 aromatic heterocycles. The Kier molecular flexibility index (Phi) is 6.25. The Morgan fingerprint density at radius 1 is 0.607 bits per heavy atom. The smallest absolute Gasteiger partial charge is 0.140 e. The summed E-state index contributed by atoms with van der Waals surface area (Å²) in [6.07, 6.45) is 1.61. The zero-order valence-corrected chi connectivity index (χ0v) is 15.9. The standard InChI is InChI=1S/C26H20F2/c1-3-19-5-7-20(8-6-19)11-15-24-16-13-22(18-26(24)28)10-9-21-12-14-23(4-2)25(27)17-21/h5-8,12-14,16-18H,3-4H2,1-2H3. The monoisotopic (exact) mass is 370 g/mol. The third-order valence-electron chi connectivity index (χ3n) is 4.46. The molecule has 0 saturated carbocycles. The highest BCUT2D eigenvalue weighted by atomic mass is 19.1. The molecule has 2 heteroatoms. The van der Waals surface area contributed by atoms with Gasteiger partial charge in [0.25, 0.3) is 0 Å². The topological polar surface area (TPSA) is 0 Å². The Hall–Kier alpha value is -3.36. The largest absolute Gasteiger partial charge is 0.207 e. The molecule has 0 unspecified atom stereocenters. The van der Waals surface area contributed by atoms with Gasteiger partial charge in [0.2, 0.25) is 0 Å². The first-order valence-electron chi connectivity index (χ1n) is 9.30. The molecule has 0 aliphatic heterocycles. The summed E-state index contributed by atoms with van der Waals surface area (Å²) in [7, 11) is 0. The van der Waals surface area contributed by atoms with Crippen LogP contribution in [0.3, 0.4) is 0 Å². The summed E-state index contributed by atoms with van der Waals surface area (Å²) in [5, 5.41) is 0. The molecule has 3 aromatic rings. The Balaban J connectivity index is 1.78. The summed E-state index contributed by atoms with van der Waals surface area (Å²) in [6, 6.07) is 17.5. The van der Waals surface area contributed by atoms with E-state index in [4.69, 9.17) is 0 Å². The zero-order valence-electron chi connectivity index (χ0n) is 15.9. The van der Waals surface area contributed by atoms with Gasteiger partial charge in [-0.25, -0.2) is 8.78 Å². The van der Waals surface area contributed by atoms with E-state index < -0.39 is 5.82 Å². The number of halogens is 2. The molecule has 0 aliphatic rings. The van der Waals surface area contributed by atoms with Crippen molar-refractivity contribution in [1.29, 1.82) is 0 Å². The number of hydrogen-bond acceptors (Lipinski definition) is 0. The van der Waals surface area contributed by atoms with Crippen molar-refractivity contribution < 1.29 is 8.78 Å². The fourth-order valence-corrected chi connectivity index (χ4v) is 2.71. The third kappa shape index (κ3) is 4.87. The summed E-state index contributed by atoms with van der Waals surface area (Å²) in [5.41, 5.74) is 4.15. The molecule has 0 bridgehead atoms. The number of aryl methyl sites for hydroxylation is 2. The molecule has 3 rings (SSSR count). The molecular formula is C26H20F2. The third-order valence-corrected chi connectivity index (χ3v) is 4.46. The molecule has 0 radical (unpaired) electrons. The Bertz CT molecular complexity index is 1100. The van der Waals surface area contributed by atoms with E-state index in [9.17, 15) is 8.78 Å². The first kappa shape index (κ1) is 19.4. The molecule has 0 atom stereocenters. The van der Waals surface area contributed by atoms with Crippen LogP contribution in [0.5, 0.6) is 0 Å². The van der Waals surface area contributed by atoms with E-state index in [1.54, 1.807) is 24.3 Å². The minimum absolute atomic E-state index is 0.266. The average molecular weight is 370 g/mol. The lowest BCUT2D eigenvalue weighted by molar-refractivity contribution is 0.612. The summed E-state index contributed by atoms with van der Waals surface area (Å²) >= 11 is 0. The molecule has 0 fully saturated rings. The maximum Gasteiger partial charge on any atom is 0.140 e. The van der Waals surface area contributed by atoms with Crippen LogP contribution in [-0.4, -0.2) is 0 Å². The normalized spacial score (nSPS) is 9.86. The van der Waals surface area contributed by atoms with E-state index in [1.807, 2.05) is 31.2 Å². The molecule has 0 saturated heterocycles. The first-order chi connectivity index (χ1) is 13.6. The molecule has 0 spiro atoms. The molecular weight excluding hydrogens is 350 g/mol. The lowest BCUT2D eigenvalue weighted by atomic mass is 10.1. The molecule has 28 heavy (non-hydrogen) atoms. The second-order valence-corrected chi connectivity index (χ2v) is 6.40. The molecule has 0 N–H and O–H groups in total. The Labute approximate surface area is 165 Å². The number of benzene rings is 3. The highest BCUT2D eigenvalue weighted by molar-refractivity contribution is 5.49. The van der Waals surface area contributed by atoms with Gasteiger partial charge in [-0.2, -0.15) is 0 Å². The van der Waals surface area contributed by atoms with Crippen molar-refractivity contribution in [1.82, 2.24) is 0 Å². The number of rotatable bonds is 2. The van der Waals surface area contributed by atoms with Crippen LogP contribution in [0, 0.1) is 35.3 Å². The average Bonchev–Trinajstić information content (AvgIpc) is 2.72. The van der Waals surface area contributed by atoms with E-state index in [-0.39, 0.29) is 5.82 Å². The van der Waals surface area contributed by atoms with Crippen molar-refractivity contribution in [3.05, 3.63) is 106 Å². The van der Waals surface area contributed by atoms with Crippen LogP contribution in [0.2, 0.25) is 0 Å². The molecule has 0 nitrogen and oxygen atoms in total. The van der Waals surface area contributed by atoms with Gasteiger partial charge in [-0.05, 0) is 66.4 Å². The maximum absolute atomic E-state index is 14.3. The molecule has 0 amide bonds. The minimum Gasteiger partial charge on any atom is -0.207 e. The van der Waals surface area contributed by atoms with Crippen LogP contribution >= 0.6 is 0 Å². The summed E-state index contributed by atoms with van der Waals surface area (Å²) in [5.74, 6) is 10.9. The quantitative estimate of drug-likeness (QED) is 0.494. The van der Waals surface area contributed by atoms with Crippen LogP contribution in [0.4, 0.5) is 8.78 Å². The van der Waals surface area contributed by atoms with Crippen molar-refractivity contribution in [3.8, 4) is 23.7 Å². The lowest BCUT2D eigenvalue weighted by Gasteiger charge is -1.99. The Morgan fingerprint density at radius 3 is 1.75 bits per heavy atom. The SMILES string of the molecule is CCc1ccc(C#Cc2ccc(C#Cc3ccc(CC)c(F)c3)cc2F)cc1. The summed E-state index contributed by atoms with van der Waals surface area (Å²) < 4.78 is 28.1. The van der Waals surface area contributed by atoms with E-state index in [0.717, 1.165) is 12.0 Å². The van der Waals surface area contributed by atoms with Crippen molar-refractivity contribution >= 4 is 0 Å². The summed E-state index contributed by atoms with van der Waals surface area (Å²) in [4.78, 5) is 0. The highest BCUT2D eigenvalue weighted by Crippen LogP contribution is 2.12. The van der Waals surface area contributed by atoms with Crippen LogP contribution in [0.1, 0.15) is 47.2 Å². The second kappa shape index (κ2) is 9.03. The van der Waals surface area contributed by atoms with Gasteiger partial charge in [0.1, 0.15) is 11.6 Å². The molecule has 3 aromatic carbocycles. The van der Waals surface area contributed by atoms with Crippen molar-refractivity contribution in [2.75, 3.05) is 0 Å². The van der Waals surface area contributed by atoms with Crippen molar-refractivity contribution in [2.24, 2.45) is 0 Å². The first-order valence-corrected chi connectivity index (χ1v) is 9.30. The molecule has 0 heterocycles. The van der Waals surface area contributed by atoms with Gasteiger partial charge < -0.3 is 0 Å². The highest BCUT2D eigenvalue weighted by Gasteiger charge is 2.01. The zero-order chi connectivity index (χ0) is 19.9. The van der Waals surface area contributed by atoms with Gasteiger partial charge in [0, 0.05) is 16.7 Å². The predicted octanol–water partition coefficient (Wildman–Crippen LogP) is 5.89. The number of hydrogen-bond donors (Lipinski definition) is 0. The predicted molar refractivity (Wildman–Crippen MR) is 110 cm³/mol. The van der Waals surface area contributed by atoms with Gasteiger partial charge in [-0.1, -0.05) is 55.7 Å². The fraction of sp³-hybridized carbons (Fsp3) is 0.154. The molecule has 0 aliphatic carbocycles. The van der Waals surface area contributed by atoms with Crippen molar-refractivity contribution in [3.63, 3.8) is 0 Å². The van der Waals surface area contributed by atoms with Gasteiger partial charge in [0.05, 0.1) is 5.56 Å². The fourth-order valence-electron chi connectivity index (χ4n) is 2.71. The van der Waals surface area contributed by atoms with Gasteiger partial charge in [0.15, 0.2) is 0 Å². The van der Waals surface area contributed by atoms with E-state index in [1.165, 1.54) is 17.7 Å². The van der Waals surface area contributed by atoms with Gasteiger partial charge >= 0.3 is 0 Å². The maximum atomic E-state index is 14.3. The second-order valence-electron chi connectivity index (χ2n) is 6.40. The Morgan fingerprint density at radius 2 is 1.18 bits per heavy atom. The minimum atomic E-state index is -0.419. The molecule has 138 valence electrons. The van der Waals surface area contributed by atoms with E-state index >= 15 is 0 Å².